The maximum atomic E-state index is 13.2. The SMILES string of the molecule is COP(=O)(OC)[C@@]1(c2ccccc2)C[C@@H]1c1ccccc1. The second kappa shape index (κ2) is 5.42. The molecule has 0 unspecified atom stereocenters. The Morgan fingerprint density at radius 2 is 1.48 bits per heavy atom. The monoisotopic (exact) mass is 302 g/mol. The lowest BCUT2D eigenvalue weighted by Gasteiger charge is -2.26. The van der Waals surface area contributed by atoms with E-state index in [1.54, 1.807) is 0 Å². The first-order chi connectivity index (χ1) is 10.2. The third-order valence-electron chi connectivity index (χ3n) is 4.38. The molecule has 1 aliphatic carbocycles. The third kappa shape index (κ3) is 2.17. The molecule has 0 N–H and O–H groups in total. The Balaban J connectivity index is 2.10. The predicted octanol–water partition coefficient (Wildman–Crippen LogP) is 4.56. The van der Waals surface area contributed by atoms with E-state index in [2.05, 4.69) is 12.1 Å². The van der Waals surface area contributed by atoms with Crippen LogP contribution in [0.3, 0.4) is 0 Å². The minimum absolute atomic E-state index is 0.159. The molecule has 0 heterocycles. The van der Waals surface area contributed by atoms with E-state index < -0.39 is 12.8 Å². The van der Waals surface area contributed by atoms with Gasteiger partial charge in [-0.15, -0.1) is 0 Å². The summed E-state index contributed by atoms with van der Waals surface area (Å²) in [5, 5.41) is -0.570. The van der Waals surface area contributed by atoms with Crippen molar-refractivity contribution in [2.24, 2.45) is 0 Å². The van der Waals surface area contributed by atoms with Gasteiger partial charge in [0.05, 0.1) is 0 Å². The molecule has 3 rings (SSSR count). The zero-order chi connectivity index (χ0) is 14.9. The highest BCUT2D eigenvalue weighted by Gasteiger charge is 2.68. The van der Waals surface area contributed by atoms with E-state index >= 15 is 0 Å². The van der Waals surface area contributed by atoms with E-state index in [1.807, 2.05) is 48.5 Å². The van der Waals surface area contributed by atoms with Crippen LogP contribution in [-0.2, 0) is 18.8 Å². The van der Waals surface area contributed by atoms with Crippen molar-refractivity contribution in [1.82, 2.24) is 0 Å². The van der Waals surface area contributed by atoms with Gasteiger partial charge >= 0.3 is 7.60 Å². The summed E-state index contributed by atoms with van der Waals surface area (Å²) in [4.78, 5) is 0. The molecule has 0 spiro atoms. The van der Waals surface area contributed by atoms with E-state index in [4.69, 9.17) is 9.05 Å². The van der Waals surface area contributed by atoms with Gasteiger partial charge in [-0.1, -0.05) is 60.7 Å². The van der Waals surface area contributed by atoms with Gasteiger partial charge in [-0.2, -0.15) is 0 Å². The van der Waals surface area contributed by atoms with Gasteiger partial charge in [-0.05, 0) is 17.5 Å². The molecule has 2 aromatic carbocycles. The van der Waals surface area contributed by atoms with Crippen molar-refractivity contribution < 1.29 is 13.6 Å². The summed E-state index contributed by atoms with van der Waals surface area (Å²) in [7, 11) is -0.281. The van der Waals surface area contributed by atoms with E-state index in [0.717, 1.165) is 12.0 Å². The lowest BCUT2D eigenvalue weighted by Crippen LogP contribution is -2.13. The molecular weight excluding hydrogens is 283 g/mol. The topological polar surface area (TPSA) is 35.5 Å². The molecule has 1 fully saturated rings. The molecule has 1 aliphatic rings. The van der Waals surface area contributed by atoms with Crippen LogP contribution in [0, 0.1) is 0 Å². The Morgan fingerprint density at radius 1 is 0.952 bits per heavy atom. The molecule has 110 valence electrons. The first-order valence-electron chi connectivity index (χ1n) is 7.00. The van der Waals surface area contributed by atoms with Gasteiger partial charge in [-0.3, -0.25) is 4.57 Å². The highest BCUT2D eigenvalue weighted by molar-refractivity contribution is 7.55. The van der Waals surface area contributed by atoms with Crippen molar-refractivity contribution in [3.05, 3.63) is 71.8 Å². The van der Waals surface area contributed by atoms with Gasteiger partial charge < -0.3 is 9.05 Å². The van der Waals surface area contributed by atoms with Crippen molar-refractivity contribution in [2.45, 2.75) is 17.5 Å². The minimum Gasteiger partial charge on any atom is -0.311 e. The van der Waals surface area contributed by atoms with Gasteiger partial charge in [0.2, 0.25) is 0 Å². The molecule has 0 amide bonds. The summed E-state index contributed by atoms with van der Waals surface area (Å²) < 4.78 is 23.9. The maximum Gasteiger partial charge on any atom is 0.341 e. The van der Waals surface area contributed by atoms with Crippen molar-refractivity contribution in [3.63, 3.8) is 0 Å². The summed E-state index contributed by atoms with van der Waals surface area (Å²) in [5.74, 6) is 0.159. The van der Waals surface area contributed by atoms with Gasteiger partial charge in [0.25, 0.3) is 0 Å². The normalized spacial score (nSPS) is 24.8. The lowest BCUT2D eigenvalue weighted by atomic mass is 10.0. The van der Waals surface area contributed by atoms with Crippen LogP contribution >= 0.6 is 7.60 Å². The fourth-order valence-corrected chi connectivity index (χ4v) is 5.44. The molecule has 21 heavy (non-hydrogen) atoms. The van der Waals surface area contributed by atoms with Crippen molar-refractivity contribution in [3.8, 4) is 0 Å². The van der Waals surface area contributed by atoms with Crippen LogP contribution in [0.5, 0.6) is 0 Å². The molecule has 0 saturated heterocycles. The zero-order valence-corrected chi connectivity index (χ0v) is 13.1. The summed E-state index contributed by atoms with van der Waals surface area (Å²) in [6.45, 7) is 0. The summed E-state index contributed by atoms with van der Waals surface area (Å²) >= 11 is 0. The number of hydrogen-bond donors (Lipinski definition) is 0. The Hall–Kier alpha value is -1.41. The van der Waals surface area contributed by atoms with Crippen LogP contribution in [0.1, 0.15) is 23.5 Å². The van der Waals surface area contributed by atoms with Gasteiger partial charge in [-0.25, -0.2) is 0 Å². The molecular formula is C17H19O3P. The van der Waals surface area contributed by atoms with Crippen LogP contribution < -0.4 is 0 Å². The molecule has 2 atom stereocenters. The zero-order valence-electron chi connectivity index (χ0n) is 12.2. The van der Waals surface area contributed by atoms with E-state index in [1.165, 1.54) is 19.8 Å². The van der Waals surface area contributed by atoms with E-state index in [9.17, 15) is 4.57 Å². The van der Waals surface area contributed by atoms with Crippen LogP contribution in [0.15, 0.2) is 60.7 Å². The molecule has 4 heteroatoms. The Morgan fingerprint density at radius 3 is 2.00 bits per heavy atom. The van der Waals surface area contributed by atoms with Crippen LogP contribution in [-0.4, -0.2) is 14.2 Å². The molecule has 0 radical (unpaired) electrons. The highest BCUT2D eigenvalue weighted by atomic mass is 31.2. The quantitative estimate of drug-likeness (QED) is 0.760. The van der Waals surface area contributed by atoms with Crippen LogP contribution in [0.25, 0.3) is 0 Å². The predicted molar refractivity (Wildman–Crippen MR) is 83.5 cm³/mol. The Bertz CT molecular complexity index is 648. The summed E-state index contributed by atoms with van der Waals surface area (Å²) in [6, 6.07) is 20.1. The molecule has 0 aromatic heterocycles. The average molecular weight is 302 g/mol. The van der Waals surface area contributed by atoms with Gasteiger partial charge in [0.15, 0.2) is 0 Å². The second-order valence-electron chi connectivity index (χ2n) is 5.32. The van der Waals surface area contributed by atoms with E-state index in [0.29, 0.717) is 0 Å². The molecule has 3 nitrogen and oxygen atoms in total. The average Bonchev–Trinajstić information content (AvgIpc) is 3.33. The molecule has 1 saturated carbocycles. The largest absolute Gasteiger partial charge is 0.341 e. The number of hydrogen-bond acceptors (Lipinski definition) is 3. The minimum atomic E-state index is -3.22. The smallest absolute Gasteiger partial charge is 0.311 e. The second-order valence-corrected chi connectivity index (χ2v) is 7.84. The first kappa shape index (κ1) is 14.5. The maximum absolute atomic E-state index is 13.2. The van der Waals surface area contributed by atoms with Gasteiger partial charge in [0, 0.05) is 20.1 Å². The Kier molecular flexibility index (Phi) is 3.75. The summed E-state index contributed by atoms with van der Waals surface area (Å²) in [6.07, 6.45) is 0.778. The third-order valence-corrected chi connectivity index (χ3v) is 7.07. The molecule has 0 aliphatic heterocycles. The van der Waals surface area contributed by atoms with Crippen molar-refractivity contribution in [1.29, 1.82) is 0 Å². The fourth-order valence-electron chi connectivity index (χ4n) is 3.24. The van der Waals surface area contributed by atoms with Crippen LogP contribution in [0.4, 0.5) is 0 Å². The number of benzene rings is 2. The highest BCUT2D eigenvalue weighted by Crippen LogP contribution is 2.81. The first-order valence-corrected chi connectivity index (χ1v) is 8.54. The summed E-state index contributed by atoms with van der Waals surface area (Å²) in [5.41, 5.74) is 2.20. The molecule has 2 aromatic rings. The van der Waals surface area contributed by atoms with E-state index in [-0.39, 0.29) is 5.92 Å². The standard InChI is InChI=1S/C17H19O3P/c1-19-21(18,20-2)17(15-11-7-4-8-12-15)13-16(17)14-9-5-3-6-10-14/h3-12,16H,13H2,1-2H3/t16-,17-/m1/s1. The van der Waals surface area contributed by atoms with Gasteiger partial charge in [0.1, 0.15) is 5.16 Å². The lowest BCUT2D eigenvalue weighted by molar-refractivity contribution is 0.261. The van der Waals surface area contributed by atoms with Crippen LogP contribution in [0.2, 0.25) is 0 Å². The Labute approximate surface area is 125 Å². The van der Waals surface area contributed by atoms with Crippen molar-refractivity contribution >= 4 is 7.60 Å². The molecule has 0 bridgehead atoms. The fraction of sp³-hybridized carbons (Fsp3) is 0.294. The number of rotatable bonds is 5. The van der Waals surface area contributed by atoms with Crippen molar-refractivity contribution in [2.75, 3.05) is 14.2 Å².